The quantitative estimate of drug-likeness (QED) is 0.905. The van der Waals surface area contributed by atoms with Gasteiger partial charge in [0.25, 0.3) is 0 Å². The van der Waals surface area contributed by atoms with Gasteiger partial charge in [-0.15, -0.1) is 0 Å². The standard InChI is InChI=1S/C19H24N2O3/c1-14(22)16-8-5-11-21(13-16)19(23)20-12-17-9-10-18(24-17)15-6-3-2-4-7-15/h2-4,6-7,9-10,14,16,22H,5,8,11-13H2,1H3,(H,20,23)/t14-,16+/m1/s1. The molecule has 0 spiro atoms. The van der Waals surface area contributed by atoms with Crippen molar-refractivity contribution in [2.24, 2.45) is 5.92 Å². The minimum Gasteiger partial charge on any atom is -0.459 e. The predicted octanol–water partition coefficient (Wildman–Crippen LogP) is 3.25. The molecule has 2 N–H and O–H groups in total. The summed E-state index contributed by atoms with van der Waals surface area (Å²) in [6.07, 6.45) is 1.53. The van der Waals surface area contributed by atoms with Gasteiger partial charge in [0.2, 0.25) is 0 Å². The molecule has 2 aromatic rings. The summed E-state index contributed by atoms with van der Waals surface area (Å²) in [5.41, 5.74) is 1.02. The van der Waals surface area contributed by atoms with Crippen LogP contribution in [0.2, 0.25) is 0 Å². The smallest absolute Gasteiger partial charge is 0.317 e. The summed E-state index contributed by atoms with van der Waals surface area (Å²) in [7, 11) is 0. The number of carbonyl (C=O) groups excluding carboxylic acids is 1. The molecule has 2 amide bonds. The molecule has 3 rings (SSSR count). The summed E-state index contributed by atoms with van der Waals surface area (Å²) >= 11 is 0. The van der Waals surface area contributed by atoms with E-state index in [4.69, 9.17) is 4.42 Å². The number of aliphatic hydroxyl groups is 1. The van der Waals surface area contributed by atoms with Crippen LogP contribution in [0.15, 0.2) is 46.9 Å². The summed E-state index contributed by atoms with van der Waals surface area (Å²) in [6.45, 7) is 3.50. The fourth-order valence-electron chi connectivity index (χ4n) is 3.09. The maximum Gasteiger partial charge on any atom is 0.317 e. The monoisotopic (exact) mass is 328 g/mol. The van der Waals surface area contributed by atoms with Crippen LogP contribution in [0.1, 0.15) is 25.5 Å². The second-order valence-electron chi connectivity index (χ2n) is 6.38. The van der Waals surface area contributed by atoms with Crippen molar-refractivity contribution in [1.82, 2.24) is 10.2 Å². The van der Waals surface area contributed by atoms with E-state index < -0.39 is 0 Å². The molecule has 0 bridgehead atoms. The van der Waals surface area contributed by atoms with Crippen LogP contribution in [0.4, 0.5) is 4.79 Å². The number of urea groups is 1. The molecule has 1 aliphatic heterocycles. The average molecular weight is 328 g/mol. The average Bonchev–Trinajstić information content (AvgIpc) is 3.09. The molecule has 0 radical (unpaired) electrons. The first-order valence-electron chi connectivity index (χ1n) is 8.48. The molecule has 1 saturated heterocycles. The topological polar surface area (TPSA) is 65.7 Å². The zero-order chi connectivity index (χ0) is 16.9. The van der Waals surface area contributed by atoms with Crippen molar-refractivity contribution in [3.05, 3.63) is 48.2 Å². The summed E-state index contributed by atoms with van der Waals surface area (Å²) in [5.74, 6) is 1.69. The number of nitrogens with one attached hydrogen (secondary N) is 1. The second-order valence-corrected chi connectivity index (χ2v) is 6.38. The number of nitrogens with zero attached hydrogens (tertiary/aromatic N) is 1. The highest BCUT2D eigenvalue weighted by Crippen LogP contribution is 2.22. The van der Waals surface area contributed by atoms with Crippen molar-refractivity contribution in [2.75, 3.05) is 13.1 Å². The zero-order valence-corrected chi connectivity index (χ0v) is 13.9. The Balaban J connectivity index is 1.54. The fraction of sp³-hybridized carbons (Fsp3) is 0.421. The number of aliphatic hydroxyl groups excluding tert-OH is 1. The van der Waals surface area contributed by atoms with E-state index in [1.54, 1.807) is 11.8 Å². The van der Waals surface area contributed by atoms with Gasteiger partial charge in [0.1, 0.15) is 11.5 Å². The zero-order valence-electron chi connectivity index (χ0n) is 13.9. The van der Waals surface area contributed by atoms with Crippen LogP contribution < -0.4 is 5.32 Å². The van der Waals surface area contributed by atoms with E-state index in [9.17, 15) is 9.90 Å². The van der Waals surface area contributed by atoms with Crippen LogP contribution >= 0.6 is 0 Å². The summed E-state index contributed by atoms with van der Waals surface area (Å²) in [6, 6.07) is 13.6. The van der Waals surface area contributed by atoms with Gasteiger partial charge in [0.15, 0.2) is 0 Å². The number of likely N-dealkylation sites (tertiary alicyclic amines) is 1. The lowest BCUT2D eigenvalue weighted by molar-refractivity contribution is 0.0737. The normalized spacial score (nSPS) is 19.1. The highest BCUT2D eigenvalue weighted by atomic mass is 16.3. The van der Waals surface area contributed by atoms with Gasteiger partial charge >= 0.3 is 6.03 Å². The van der Waals surface area contributed by atoms with Crippen molar-refractivity contribution < 1.29 is 14.3 Å². The molecule has 0 saturated carbocycles. The predicted molar refractivity (Wildman–Crippen MR) is 92.4 cm³/mol. The lowest BCUT2D eigenvalue weighted by atomic mass is 9.94. The number of carbonyl (C=O) groups is 1. The number of hydrogen-bond acceptors (Lipinski definition) is 3. The summed E-state index contributed by atoms with van der Waals surface area (Å²) < 4.78 is 5.79. The van der Waals surface area contributed by atoms with E-state index in [0.717, 1.165) is 36.5 Å². The molecule has 2 heterocycles. The lowest BCUT2D eigenvalue weighted by Crippen LogP contribution is -2.47. The van der Waals surface area contributed by atoms with Gasteiger partial charge in [-0.25, -0.2) is 4.79 Å². The van der Waals surface area contributed by atoms with Crippen molar-refractivity contribution in [3.63, 3.8) is 0 Å². The summed E-state index contributed by atoms with van der Waals surface area (Å²) in [4.78, 5) is 14.1. The molecule has 5 heteroatoms. The Bertz CT molecular complexity index is 666. The first kappa shape index (κ1) is 16.6. The molecule has 128 valence electrons. The molecule has 1 aromatic carbocycles. The number of benzene rings is 1. The van der Waals surface area contributed by atoms with E-state index in [-0.39, 0.29) is 18.1 Å². The van der Waals surface area contributed by atoms with Crippen LogP contribution in [0.5, 0.6) is 0 Å². The molecular formula is C19H24N2O3. The molecule has 0 unspecified atom stereocenters. The third kappa shape index (κ3) is 3.97. The van der Waals surface area contributed by atoms with Crippen LogP contribution in [0.3, 0.4) is 0 Å². The Hall–Kier alpha value is -2.27. The van der Waals surface area contributed by atoms with Crippen LogP contribution in [-0.2, 0) is 6.54 Å². The SMILES string of the molecule is C[C@@H](O)[C@H]1CCCN(C(=O)NCc2ccc(-c3ccccc3)o2)C1. The molecule has 2 atom stereocenters. The Morgan fingerprint density at radius 2 is 2.12 bits per heavy atom. The Morgan fingerprint density at radius 1 is 1.33 bits per heavy atom. The first-order chi connectivity index (χ1) is 11.6. The number of piperidine rings is 1. The van der Waals surface area contributed by atoms with Gasteiger partial charge < -0.3 is 19.7 Å². The van der Waals surface area contributed by atoms with Crippen molar-refractivity contribution in [2.45, 2.75) is 32.4 Å². The maximum absolute atomic E-state index is 12.3. The second kappa shape index (κ2) is 7.53. The van der Waals surface area contributed by atoms with Gasteiger partial charge in [0, 0.05) is 24.6 Å². The van der Waals surface area contributed by atoms with Gasteiger partial charge in [-0.2, -0.15) is 0 Å². The lowest BCUT2D eigenvalue weighted by Gasteiger charge is -2.34. The number of furan rings is 1. The highest BCUT2D eigenvalue weighted by molar-refractivity contribution is 5.74. The molecular weight excluding hydrogens is 304 g/mol. The number of hydrogen-bond donors (Lipinski definition) is 2. The van der Waals surface area contributed by atoms with Crippen molar-refractivity contribution in [1.29, 1.82) is 0 Å². The third-order valence-corrected chi connectivity index (χ3v) is 4.56. The van der Waals surface area contributed by atoms with E-state index in [2.05, 4.69) is 5.32 Å². The Kier molecular flexibility index (Phi) is 5.20. The van der Waals surface area contributed by atoms with E-state index in [1.807, 2.05) is 42.5 Å². The van der Waals surface area contributed by atoms with E-state index in [0.29, 0.717) is 13.1 Å². The number of amides is 2. The summed E-state index contributed by atoms with van der Waals surface area (Å²) in [5, 5.41) is 12.6. The van der Waals surface area contributed by atoms with Crippen molar-refractivity contribution in [3.8, 4) is 11.3 Å². The molecule has 1 aliphatic rings. The Morgan fingerprint density at radius 3 is 2.88 bits per heavy atom. The first-order valence-corrected chi connectivity index (χ1v) is 8.48. The van der Waals surface area contributed by atoms with Crippen LogP contribution in [0.25, 0.3) is 11.3 Å². The third-order valence-electron chi connectivity index (χ3n) is 4.56. The van der Waals surface area contributed by atoms with Gasteiger partial charge in [-0.05, 0) is 31.9 Å². The van der Waals surface area contributed by atoms with Gasteiger partial charge in [-0.1, -0.05) is 30.3 Å². The van der Waals surface area contributed by atoms with Crippen LogP contribution in [-0.4, -0.2) is 35.2 Å². The molecule has 5 nitrogen and oxygen atoms in total. The van der Waals surface area contributed by atoms with Gasteiger partial charge in [0.05, 0.1) is 12.6 Å². The van der Waals surface area contributed by atoms with Crippen LogP contribution in [0, 0.1) is 5.92 Å². The Labute approximate surface area is 142 Å². The van der Waals surface area contributed by atoms with Crippen molar-refractivity contribution >= 4 is 6.03 Å². The molecule has 1 fully saturated rings. The minimum atomic E-state index is -0.376. The molecule has 24 heavy (non-hydrogen) atoms. The maximum atomic E-state index is 12.3. The molecule has 0 aliphatic carbocycles. The fourth-order valence-corrected chi connectivity index (χ4v) is 3.09. The van der Waals surface area contributed by atoms with E-state index in [1.165, 1.54) is 0 Å². The largest absolute Gasteiger partial charge is 0.459 e. The highest BCUT2D eigenvalue weighted by Gasteiger charge is 2.26. The minimum absolute atomic E-state index is 0.0991. The number of rotatable bonds is 4. The van der Waals surface area contributed by atoms with E-state index >= 15 is 0 Å². The molecule has 1 aromatic heterocycles. The van der Waals surface area contributed by atoms with Gasteiger partial charge in [-0.3, -0.25) is 0 Å².